The first-order valence-corrected chi connectivity index (χ1v) is 12.5. The second-order valence-electron chi connectivity index (χ2n) is 10.5. The van der Waals surface area contributed by atoms with Crippen LogP contribution in [0.1, 0.15) is 27.7 Å². The summed E-state index contributed by atoms with van der Waals surface area (Å²) in [6.07, 6.45) is 0. The van der Waals surface area contributed by atoms with Crippen LogP contribution in [0.3, 0.4) is 0 Å². The molecule has 5 nitrogen and oxygen atoms in total. The van der Waals surface area contributed by atoms with Gasteiger partial charge in [0.1, 0.15) is 16.7 Å². The summed E-state index contributed by atoms with van der Waals surface area (Å²) in [7, 11) is 0.325. The van der Waals surface area contributed by atoms with E-state index in [9.17, 15) is 5.11 Å². The Morgan fingerprint density at radius 2 is 1.43 bits per heavy atom. The molecule has 0 amide bonds. The molecule has 6 aromatic rings. The fourth-order valence-corrected chi connectivity index (χ4v) is 4.38. The van der Waals surface area contributed by atoms with Crippen LogP contribution in [0.15, 0.2) is 93.8 Å². The predicted molar refractivity (Wildman–Crippen MR) is 150 cm³/mol. The summed E-state index contributed by atoms with van der Waals surface area (Å²) in [5, 5.41) is 12.4. The average Bonchev–Trinajstić information content (AvgIpc) is 3.47. The Kier molecular flexibility index (Phi) is 5.48. The van der Waals surface area contributed by atoms with Crippen LogP contribution in [0, 0.1) is 0 Å². The Balaban J connectivity index is 1.34. The van der Waals surface area contributed by atoms with Crippen molar-refractivity contribution in [3.05, 3.63) is 84.9 Å². The topological polar surface area (TPSA) is 68.6 Å². The second-order valence-corrected chi connectivity index (χ2v) is 10.5. The predicted octanol–water partition coefficient (Wildman–Crippen LogP) is 6.60. The van der Waals surface area contributed by atoms with Gasteiger partial charge in [0.05, 0.1) is 11.2 Å². The van der Waals surface area contributed by atoms with E-state index < -0.39 is 11.2 Å². The summed E-state index contributed by atoms with van der Waals surface area (Å²) in [5.41, 5.74) is 5.44. The van der Waals surface area contributed by atoms with E-state index in [4.69, 9.17) is 18.5 Å². The molecule has 0 aliphatic rings. The number of rotatable bonds is 6. The van der Waals surface area contributed by atoms with Crippen LogP contribution in [0.5, 0.6) is 0 Å². The zero-order valence-corrected chi connectivity index (χ0v) is 21.4. The number of benzene rings is 4. The van der Waals surface area contributed by atoms with E-state index in [0.29, 0.717) is 19.0 Å². The zero-order valence-electron chi connectivity index (χ0n) is 21.4. The molecule has 0 unspecified atom stereocenters. The molecule has 37 heavy (non-hydrogen) atoms. The van der Waals surface area contributed by atoms with Crippen LogP contribution >= 0.6 is 0 Å². The number of aromatic nitrogens is 1. The lowest BCUT2D eigenvalue weighted by Crippen LogP contribution is -2.49. The van der Waals surface area contributed by atoms with Gasteiger partial charge in [-0.2, -0.15) is 0 Å². The van der Waals surface area contributed by atoms with E-state index in [1.807, 2.05) is 74.5 Å². The molecule has 6 heteroatoms. The molecular formula is C31H28BNO4. The normalized spacial score (nSPS) is 12.6. The molecule has 0 radical (unpaired) electrons. The number of nitrogens with zero attached hydrogens (tertiary/aromatic N) is 1. The van der Waals surface area contributed by atoms with Gasteiger partial charge in [0.15, 0.2) is 5.58 Å². The van der Waals surface area contributed by atoms with Gasteiger partial charge >= 0.3 is 7.48 Å². The van der Waals surface area contributed by atoms with Crippen molar-refractivity contribution < 1.29 is 18.6 Å². The monoisotopic (exact) mass is 489 g/mol. The van der Waals surface area contributed by atoms with Gasteiger partial charge in [-0.15, -0.1) is 0 Å². The smallest absolute Gasteiger partial charge is 0.313 e. The van der Waals surface area contributed by atoms with Crippen molar-refractivity contribution >= 4 is 46.0 Å². The molecule has 0 saturated heterocycles. The lowest BCUT2D eigenvalue weighted by atomic mass is 9.82. The Bertz CT molecular complexity index is 1720. The van der Waals surface area contributed by atoms with Gasteiger partial charge in [-0.1, -0.05) is 60.7 Å². The first kappa shape index (κ1) is 23.5. The number of hydrogen-bond acceptors (Lipinski definition) is 5. The highest BCUT2D eigenvalue weighted by Gasteiger charge is 2.36. The maximum absolute atomic E-state index is 10.4. The Morgan fingerprint density at radius 3 is 2.16 bits per heavy atom. The van der Waals surface area contributed by atoms with Crippen LogP contribution in [0.2, 0.25) is 0 Å². The van der Waals surface area contributed by atoms with Gasteiger partial charge in [0.25, 0.3) is 0 Å². The number of fused-ring (bicyclic) bond motifs is 4. The molecule has 2 aromatic heterocycles. The number of oxazole rings is 1. The molecule has 0 aliphatic heterocycles. The summed E-state index contributed by atoms with van der Waals surface area (Å²) in [5.74, 6) is 0.578. The summed E-state index contributed by atoms with van der Waals surface area (Å²) < 4.78 is 18.6. The molecule has 184 valence electrons. The van der Waals surface area contributed by atoms with Gasteiger partial charge in [0.2, 0.25) is 5.89 Å². The molecular weight excluding hydrogens is 461 g/mol. The molecule has 0 atom stereocenters. The quantitative estimate of drug-likeness (QED) is 0.267. The largest absolute Gasteiger partial charge is 0.456 e. The standard InChI is InChI=1S/C31H28BNO4/c1-30(2,34)31(3,4)37-32-24-12-8-11-22-23-17-27-25(18-26(23)35-28(22)24)33-29(36-27)21-15-13-20(14-16-21)19-9-6-5-7-10-19/h5-18,32,34H,1-4H3. The van der Waals surface area contributed by atoms with Crippen LogP contribution < -0.4 is 5.46 Å². The zero-order chi connectivity index (χ0) is 25.8. The maximum Gasteiger partial charge on any atom is 0.313 e. The van der Waals surface area contributed by atoms with Gasteiger partial charge in [-0.3, -0.25) is 0 Å². The van der Waals surface area contributed by atoms with Crippen molar-refractivity contribution in [1.29, 1.82) is 0 Å². The fraction of sp³-hybridized carbons (Fsp3) is 0.194. The second kappa shape index (κ2) is 8.61. The van der Waals surface area contributed by atoms with E-state index >= 15 is 0 Å². The highest BCUT2D eigenvalue weighted by Crippen LogP contribution is 2.34. The number of furan rings is 1. The minimum absolute atomic E-state index is 0.325. The third kappa shape index (κ3) is 4.22. The van der Waals surface area contributed by atoms with Gasteiger partial charge < -0.3 is 18.6 Å². The maximum atomic E-state index is 10.4. The van der Waals surface area contributed by atoms with Gasteiger partial charge in [-0.05, 0) is 62.5 Å². The third-order valence-corrected chi connectivity index (χ3v) is 7.39. The molecule has 4 aromatic carbocycles. The Hall–Kier alpha value is -3.87. The molecule has 2 heterocycles. The highest BCUT2D eigenvalue weighted by molar-refractivity contribution is 6.51. The number of hydrogen-bond donors (Lipinski definition) is 1. The van der Waals surface area contributed by atoms with E-state index in [-0.39, 0.29) is 0 Å². The average molecular weight is 489 g/mol. The van der Waals surface area contributed by atoms with Crippen molar-refractivity contribution in [2.75, 3.05) is 0 Å². The number of aliphatic hydroxyl groups is 1. The minimum atomic E-state index is -0.982. The van der Waals surface area contributed by atoms with E-state index in [1.165, 1.54) is 5.56 Å². The first-order valence-electron chi connectivity index (χ1n) is 12.5. The Morgan fingerprint density at radius 1 is 0.730 bits per heavy atom. The van der Waals surface area contributed by atoms with E-state index in [0.717, 1.165) is 44.0 Å². The van der Waals surface area contributed by atoms with E-state index in [2.05, 4.69) is 24.3 Å². The van der Waals surface area contributed by atoms with Crippen molar-refractivity contribution in [3.8, 4) is 22.6 Å². The molecule has 0 spiro atoms. The lowest BCUT2D eigenvalue weighted by Gasteiger charge is -2.37. The minimum Gasteiger partial charge on any atom is -0.456 e. The van der Waals surface area contributed by atoms with Crippen LogP contribution in [0.25, 0.3) is 55.6 Å². The van der Waals surface area contributed by atoms with E-state index in [1.54, 1.807) is 13.8 Å². The van der Waals surface area contributed by atoms with Crippen molar-refractivity contribution in [3.63, 3.8) is 0 Å². The molecule has 0 saturated carbocycles. The van der Waals surface area contributed by atoms with Crippen LogP contribution in [-0.2, 0) is 4.65 Å². The van der Waals surface area contributed by atoms with Gasteiger partial charge in [-0.25, -0.2) is 4.98 Å². The van der Waals surface area contributed by atoms with Crippen molar-refractivity contribution in [2.24, 2.45) is 0 Å². The Labute approximate surface area is 216 Å². The number of para-hydroxylation sites is 1. The highest BCUT2D eigenvalue weighted by atomic mass is 16.5. The summed E-state index contributed by atoms with van der Waals surface area (Å²) in [6, 6.07) is 28.5. The lowest BCUT2D eigenvalue weighted by molar-refractivity contribution is -0.0893. The van der Waals surface area contributed by atoms with Crippen LogP contribution in [0.4, 0.5) is 0 Å². The molecule has 0 aliphatic carbocycles. The fourth-order valence-electron chi connectivity index (χ4n) is 4.38. The summed E-state index contributed by atoms with van der Waals surface area (Å²) in [4.78, 5) is 4.74. The molecule has 6 rings (SSSR count). The van der Waals surface area contributed by atoms with Crippen molar-refractivity contribution in [2.45, 2.75) is 38.9 Å². The third-order valence-electron chi connectivity index (χ3n) is 7.39. The molecule has 0 bridgehead atoms. The summed E-state index contributed by atoms with van der Waals surface area (Å²) >= 11 is 0. The molecule has 0 fully saturated rings. The van der Waals surface area contributed by atoms with Crippen molar-refractivity contribution in [1.82, 2.24) is 4.98 Å². The summed E-state index contributed by atoms with van der Waals surface area (Å²) in [6.45, 7) is 7.28. The molecule has 1 N–H and O–H groups in total. The van der Waals surface area contributed by atoms with Crippen LogP contribution in [-0.4, -0.2) is 28.8 Å². The van der Waals surface area contributed by atoms with Gasteiger partial charge in [0, 0.05) is 22.4 Å². The SMILES string of the molecule is CC(C)(O)C(C)(C)OBc1cccc2c1oc1cc3nc(-c4ccc(-c5ccccc5)cc4)oc3cc12. The first-order chi connectivity index (χ1) is 17.7.